The van der Waals surface area contributed by atoms with Crippen molar-refractivity contribution in [2.24, 2.45) is 0 Å². The summed E-state index contributed by atoms with van der Waals surface area (Å²) in [5, 5.41) is 1.87. The Morgan fingerprint density at radius 2 is 1.83 bits per heavy atom. The number of pyridine rings is 1. The summed E-state index contributed by atoms with van der Waals surface area (Å²) in [6.45, 7) is 4.39. The molecule has 1 aromatic carbocycles. The van der Waals surface area contributed by atoms with E-state index in [1.54, 1.807) is 11.3 Å². The summed E-state index contributed by atoms with van der Waals surface area (Å²) in [5.41, 5.74) is 4.99. The molecule has 0 N–H and O–H groups in total. The van der Waals surface area contributed by atoms with E-state index in [-0.39, 0.29) is 18.3 Å². The molecule has 0 spiro atoms. The van der Waals surface area contributed by atoms with E-state index in [0.717, 1.165) is 40.1 Å². The van der Waals surface area contributed by atoms with Crippen molar-refractivity contribution < 1.29 is 9.53 Å². The van der Waals surface area contributed by atoms with Gasteiger partial charge < -0.3 is 9.64 Å². The Hall–Kier alpha value is -1.66. The van der Waals surface area contributed by atoms with E-state index in [1.165, 1.54) is 28.7 Å². The number of hydrogen-bond acceptors (Lipinski definition) is 4. The van der Waals surface area contributed by atoms with Crippen LogP contribution in [0, 0.1) is 6.92 Å². The molecule has 3 heterocycles. The molecule has 0 bridgehead atoms. The van der Waals surface area contributed by atoms with Crippen LogP contribution in [-0.2, 0) is 17.6 Å². The SMILES string of the molecule is Cc1nc2sc3c(c2c(-c2ccc(Cl)cc2)c1C(=O)N1CCOCC1)CCCC3.Cl. The Balaban J connectivity index is 0.00000218. The second kappa shape index (κ2) is 8.83. The highest BCUT2D eigenvalue weighted by Crippen LogP contribution is 2.43. The Morgan fingerprint density at radius 1 is 1.13 bits per heavy atom. The normalized spacial score (nSPS) is 16.3. The van der Waals surface area contributed by atoms with Crippen molar-refractivity contribution in [3.05, 3.63) is 51.0 Å². The van der Waals surface area contributed by atoms with Crippen molar-refractivity contribution in [1.29, 1.82) is 0 Å². The number of amides is 1. The zero-order chi connectivity index (χ0) is 20.0. The number of fused-ring (bicyclic) bond motifs is 3. The van der Waals surface area contributed by atoms with Gasteiger partial charge in [-0.05, 0) is 55.9 Å². The van der Waals surface area contributed by atoms with Crippen LogP contribution in [0.1, 0.15) is 39.3 Å². The van der Waals surface area contributed by atoms with Crippen LogP contribution >= 0.6 is 35.3 Å². The van der Waals surface area contributed by atoms with E-state index >= 15 is 0 Å². The van der Waals surface area contributed by atoms with Crippen LogP contribution in [0.4, 0.5) is 0 Å². The standard InChI is InChI=1S/C23H23ClN2O2S.ClH/c1-14-19(23(27)26-10-12-28-13-11-26)20(15-6-8-16(24)9-7-15)21-17-4-2-3-5-18(17)29-22(21)25-14;/h6-9H,2-5,10-13H2,1H3;1H. The molecule has 1 aliphatic carbocycles. The highest BCUT2D eigenvalue weighted by Gasteiger charge is 2.29. The van der Waals surface area contributed by atoms with Crippen LogP contribution in [-0.4, -0.2) is 42.1 Å². The molecule has 0 atom stereocenters. The molecule has 1 amide bonds. The minimum absolute atomic E-state index is 0. The summed E-state index contributed by atoms with van der Waals surface area (Å²) in [6, 6.07) is 7.86. The number of benzene rings is 1. The van der Waals surface area contributed by atoms with Crippen molar-refractivity contribution in [3.8, 4) is 11.1 Å². The van der Waals surface area contributed by atoms with E-state index in [9.17, 15) is 4.79 Å². The summed E-state index contributed by atoms with van der Waals surface area (Å²) in [5.74, 6) is 0.0564. The van der Waals surface area contributed by atoms with Gasteiger partial charge in [0.05, 0.1) is 24.5 Å². The van der Waals surface area contributed by atoms with Gasteiger partial charge in [-0.1, -0.05) is 23.7 Å². The van der Waals surface area contributed by atoms with Gasteiger partial charge >= 0.3 is 0 Å². The zero-order valence-corrected chi connectivity index (χ0v) is 19.3. The second-order valence-corrected chi connectivity index (χ2v) is 9.27. The Bertz CT molecular complexity index is 1090. The summed E-state index contributed by atoms with van der Waals surface area (Å²) in [4.78, 5) is 22.9. The van der Waals surface area contributed by atoms with Crippen molar-refractivity contribution in [2.75, 3.05) is 26.3 Å². The van der Waals surface area contributed by atoms with Gasteiger partial charge in [-0.15, -0.1) is 23.7 Å². The van der Waals surface area contributed by atoms with E-state index in [4.69, 9.17) is 21.3 Å². The number of ether oxygens (including phenoxy) is 1. The number of rotatable bonds is 2. The highest BCUT2D eigenvalue weighted by molar-refractivity contribution is 7.19. The lowest BCUT2D eigenvalue weighted by molar-refractivity contribution is 0.0302. The largest absolute Gasteiger partial charge is 0.378 e. The van der Waals surface area contributed by atoms with Crippen molar-refractivity contribution in [1.82, 2.24) is 9.88 Å². The zero-order valence-electron chi connectivity index (χ0n) is 16.9. The summed E-state index contributed by atoms with van der Waals surface area (Å²) < 4.78 is 5.45. The molecular weight excluding hydrogens is 439 g/mol. The van der Waals surface area contributed by atoms with E-state index in [1.807, 2.05) is 36.1 Å². The van der Waals surface area contributed by atoms with Crippen LogP contribution < -0.4 is 0 Å². The van der Waals surface area contributed by atoms with Gasteiger partial charge in [-0.25, -0.2) is 4.98 Å². The third-order valence-electron chi connectivity index (χ3n) is 5.93. The smallest absolute Gasteiger partial charge is 0.256 e. The minimum Gasteiger partial charge on any atom is -0.378 e. The van der Waals surface area contributed by atoms with Gasteiger partial charge in [-0.3, -0.25) is 4.79 Å². The first-order chi connectivity index (χ1) is 14.1. The summed E-state index contributed by atoms with van der Waals surface area (Å²) in [6.07, 6.45) is 4.60. The lowest BCUT2D eigenvalue weighted by Gasteiger charge is -2.28. The van der Waals surface area contributed by atoms with Gasteiger partial charge in [-0.2, -0.15) is 0 Å². The maximum Gasteiger partial charge on any atom is 0.256 e. The van der Waals surface area contributed by atoms with Crippen LogP contribution in [0.15, 0.2) is 24.3 Å². The number of aromatic nitrogens is 1. The summed E-state index contributed by atoms with van der Waals surface area (Å²) >= 11 is 7.97. The molecule has 5 rings (SSSR count). The highest BCUT2D eigenvalue weighted by atomic mass is 35.5. The van der Waals surface area contributed by atoms with Crippen molar-refractivity contribution in [3.63, 3.8) is 0 Å². The molecule has 158 valence electrons. The molecular formula is C23H24Cl2N2O2S. The molecule has 1 aliphatic heterocycles. The van der Waals surface area contributed by atoms with E-state index in [2.05, 4.69) is 0 Å². The maximum atomic E-state index is 13.6. The van der Waals surface area contributed by atoms with Gasteiger partial charge in [0.2, 0.25) is 0 Å². The molecule has 30 heavy (non-hydrogen) atoms. The molecule has 0 saturated carbocycles. The number of halogens is 2. The van der Waals surface area contributed by atoms with Crippen molar-refractivity contribution in [2.45, 2.75) is 32.6 Å². The number of thiophene rings is 1. The first-order valence-electron chi connectivity index (χ1n) is 10.2. The predicted molar refractivity (Wildman–Crippen MR) is 125 cm³/mol. The predicted octanol–water partition coefficient (Wildman–Crippen LogP) is 5.70. The molecule has 2 aromatic heterocycles. The second-order valence-electron chi connectivity index (χ2n) is 7.75. The fourth-order valence-corrected chi connectivity index (χ4v) is 5.94. The minimum atomic E-state index is 0. The Kier molecular flexibility index (Phi) is 6.35. The average Bonchev–Trinajstić information content (AvgIpc) is 3.11. The quantitative estimate of drug-likeness (QED) is 0.490. The molecule has 3 aromatic rings. The molecule has 0 radical (unpaired) electrons. The molecule has 4 nitrogen and oxygen atoms in total. The van der Waals surface area contributed by atoms with Gasteiger partial charge in [0.15, 0.2) is 0 Å². The molecule has 0 unspecified atom stereocenters. The van der Waals surface area contributed by atoms with Gasteiger partial charge in [0, 0.05) is 33.9 Å². The molecule has 7 heteroatoms. The third kappa shape index (κ3) is 3.73. The number of carbonyl (C=O) groups excluding carboxylic acids is 1. The third-order valence-corrected chi connectivity index (χ3v) is 7.37. The van der Waals surface area contributed by atoms with Crippen molar-refractivity contribution >= 4 is 51.5 Å². The van der Waals surface area contributed by atoms with Gasteiger partial charge in [0.25, 0.3) is 5.91 Å². The molecule has 1 saturated heterocycles. The lowest BCUT2D eigenvalue weighted by atomic mass is 9.89. The number of nitrogens with zero attached hydrogens (tertiary/aromatic N) is 2. The molecule has 1 fully saturated rings. The van der Waals surface area contributed by atoms with Crippen LogP contribution in [0.5, 0.6) is 0 Å². The van der Waals surface area contributed by atoms with Crippen LogP contribution in [0.25, 0.3) is 21.3 Å². The fraction of sp³-hybridized carbons (Fsp3) is 0.391. The first-order valence-corrected chi connectivity index (χ1v) is 11.4. The lowest BCUT2D eigenvalue weighted by Crippen LogP contribution is -2.41. The topological polar surface area (TPSA) is 42.4 Å². The summed E-state index contributed by atoms with van der Waals surface area (Å²) in [7, 11) is 0. The number of hydrogen-bond donors (Lipinski definition) is 0. The van der Waals surface area contributed by atoms with Gasteiger partial charge in [0.1, 0.15) is 4.83 Å². The van der Waals surface area contributed by atoms with Crippen LogP contribution in [0.2, 0.25) is 5.02 Å². The average molecular weight is 463 g/mol. The van der Waals surface area contributed by atoms with E-state index in [0.29, 0.717) is 31.3 Å². The Labute approximate surface area is 191 Å². The molecule has 2 aliphatic rings. The Morgan fingerprint density at radius 3 is 2.57 bits per heavy atom. The number of aryl methyl sites for hydroxylation is 3. The van der Waals surface area contributed by atoms with Crippen LogP contribution in [0.3, 0.4) is 0 Å². The number of morpholine rings is 1. The monoisotopic (exact) mass is 462 g/mol. The fourth-order valence-electron chi connectivity index (χ4n) is 4.49. The first kappa shape index (κ1) is 21.6. The maximum absolute atomic E-state index is 13.6. The number of carbonyl (C=O) groups is 1. The van der Waals surface area contributed by atoms with E-state index < -0.39 is 0 Å².